The second kappa shape index (κ2) is 5.36. The number of para-hydroxylation sites is 1. The molecule has 4 nitrogen and oxygen atoms in total. The maximum atomic E-state index is 10.4. The van der Waals surface area contributed by atoms with Crippen LogP contribution in [-0.4, -0.2) is 29.4 Å². The minimum absolute atomic E-state index is 0.190. The number of carboxylic acid groups (broad SMARTS) is 1. The number of aliphatic carboxylic acids is 1. The maximum Gasteiger partial charge on any atom is 0.332 e. The Hall–Kier alpha value is -1.55. The number of hydrogen-bond acceptors (Lipinski definition) is 3. The van der Waals surface area contributed by atoms with Crippen molar-refractivity contribution in [1.29, 1.82) is 0 Å². The van der Waals surface area contributed by atoms with E-state index in [1.165, 1.54) is 0 Å². The molecule has 1 rings (SSSR count). The molecule has 2 N–H and O–H groups in total. The van der Waals surface area contributed by atoms with Gasteiger partial charge in [0.15, 0.2) is 6.10 Å². The summed E-state index contributed by atoms with van der Waals surface area (Å²) in [7, 11) is 1.56. The first-order chi connectivity index (χ1) is 7.15. The summed E-state index contributed by atoms with van der Waals surface area (Å²) in [5.74, 6) is -0.472. The van der Waals surface area contributed by atoms with Crippen LogP contribution >= 0.6 is 0 Å². The van der Waals surface area contributed by atoms with E-state index < -0.39 is 12.1 Å². The highest BCUT2D eigenvalue weighted by molar-refractivity contribution is 5.71. The van der Waals surface area contributed by atoms with Crippen LogP contribution in [-0.2, 0) is 11.2 Å². The minimum Gasteiger partial charge on any atom is -0.496 e. The summed E-state index contributed by atoms with van der Waals surface area (Å²) >= 11 is 0. The quantitative estimate of drug-likeness (QED) is 0.763. The third-order valence-electron chi connectivity index (χ3n) is 2.16. The molecule has 1 aromatic carbocycles. The van der Waals surface area contributed by atoms with Gasteiger partial charge in [0, 0.05) is 0 Å². The fraction of sp³-hybridized carbons (Fsp3) is 0.364. The highest BCUT2D eigenvalue weighted by atomic mass is 16.5. The molecule has 0 aliphatic rings. The molecule has 0 unspecified atom stereocenters. The summed E-state index contributed by atoms with van der Waals surface area (Å²) < 4.78 is 5.11. The Labute approximate surface area is 88.1 Å². The van der Waals surface area contributed by atoms with Crippen molar-refractivity contribution < 1.29 is 19.7 Å². The molecule has 0 aromatic heterocycles. The molecule has 0 bridgehead atoms. The van der Waals surface area contributed by atoms with E-state index in [0.29, 0.717) is 6.42 Å². The summed E-state index contributed by atoms with van der Waals surface area (Å²) in [5, 5.41) is 17.6. The maximum absolute atomic E-state index is 10.4. The van der Waals surface area contributed by atoms with Gasteiger partial charge in [-0.1, -0.05) is 18.2 Å². The third kappa shape index (κ3) is 3.25. The van der Waals surface area contributed by atoms with E-state index in [1.807, 2.05) is 24.3 Å². The zero-order valence-corrected chi connectivity index (χ0v) is 8.51. The number of methoxy groups -OCH3 is 1. The van der Waals surface area contributed by atoms with Crippen molar-refractivity contribution in [3.05, 3.63) is 29.8 Å². The molecule has 15 heavy (non-hydrogen) atoms. The number of aliphatic hydroxyl groups is 1. The molecule has 0 heterocycles. The van der Waals surface area contributed by atoms with Gasteiger partial charge < -0.3 is 14.9 Å². The average Bonchev–Trinajstić information content (AvgIpc) is 2.26. The largest absolute Gasteiger partial charge is 0.496 e. The molecule has 0 aliphatic heterocycles. The topological polar surface area (TPSA) is 66.8 Å². The van der Waals surface area contributed by atoms with Crippen molar-refractivity contribution in [3.63, 3.8) is 0 Å². The molecule has 0 fully saturated rings. The molecular formula is C11H14O4. The van der Waals surface area contributed by atoms with E-state index in [-0.39, 0.29) is 6.42 Å². The molecule has 0 saturated heterocycles. The van der Waals surface area contributed by atoms with Crippen LogP contribution in [0.3, 0.4) is 0 Å². The summed E-state index contributed by atoms with van der Waals surface area (Å²) in [4.78, 5) is 10.4. The smallest absolute Gasteiger partial charge is 0.332 e. The van der Waals surface area contributed by atoms with Crippen LogP contribution in [0.2, 0.25) is 0 Å². The van der Waals surface area contributed by atoms with Crippen LogP contribution in [0.5, 0.6) is 5.75 Å². The highest BCUT2D eigenvalue weighted by Gasteiger charge is 2.13. The molecule has 0 amide bonds. The monoisotopic (exact) mass is 210 g/mol. The Morgan fingerprint density at radius 2 is 2.13 bits per heavy atom. The van der Waals surface area contributed by atoms with Gasteiger partial charge >= 0.3 is 5.97 Å². The molecular weight excluding hydrogens is 196 g/mol. The van der Waals surface area contributed by atoms with E-state index >= 15 is 0 Å². The fourth-order valence-corrected chi connectivity index (χ4v) is 1.33. The van der Waals surface area contributed by atoms with Crippen LogP contribution in [0.15, 0.2) is 24.3 Å². The summed E-state index contributed by atoms with van der Waals surface area (Å²) in [5.41, 5.74) is 0.903. The lowest BCUT2D eigenvalue weighted by Crippen LogP contribution is -2.20. The molecule has 1 aromatic rings. The Bertz CT molecular complexity index is 335. The second-order valence-electron chi connectivity index (χ2n) is 3.20. The zero-order valence-electron chi connectivity index (χ0n) is 8.51. The first-order valence-electron chi connectivity index (χ1n) is 4.68. The first-order valence-corrected chi connectivity index (χ1v) is 4.68. The van der Waals surface area contributed by atoms with E-state index in [9.17, 15) is 4.79 Å². The average molecular weight is 210 g/mol. The normalized spacial score (nSPS) is 12.1. The van der Waals surface area contributed by atoms with Crippen molar-refractivity contribution in [1.82, 2.24) is 0 Å². The molecule has 0 aliphatic carbocycles. The fourth-order valence-electron chi connectivity index (χ4n) is 1.33. The van der Waals surface area contributed by atoms with Crippen LogP contribution in [0.25, 0.3) is 0 Å². The number of carboxylic acids is 1. The highest BCUT2D eigenvalue weighted by Crippen LogP contribution is 2.19. The first kappa shape index (κ1) is 11.5. The summed E-state index contributed by atoms with van der Waals surface area (Å²) in [6.45, 7) is 0. The summed E-state index contributed by atoms with van der Waals surface area (Å²) in [6, 6.07) is 7.36. The standard InChI is InChI=1S/C11H14O4/c1-15-10-5-3-2-4-8(10)6-7-9(12)11(13)14/h2-5,9,12H,6-7H2,1H3,(H,13,14)/t9-/m1/s1. The van der Waals surface area contributed by atoms with Crippen molar-refractivity contribution in [2.75, 3.05) is 7.11 Å². The number of benzene rings is 1. The minimum atomic E-state index is -1.31. The Balaban J connectivity index is 2.60. The van der Waals surface area contributed by atoms with Crippen molar-refractivity contribution in [2.45, 2.75) is 18.9 Å². The zero-order chi connectivity index (χ0) is 11.3. The molecule has 0 radical (unpaired) electrons. The van der Waals surface area contributed by atoms with Crippen LogP contribution < -0.4 is 4.74 Å². The number of hydrogen-bond donors (Lipinski definition) is 2. The SMILES string of the molecule is COc1ccccc1CC[C@@H](O)C(=O)O. The lowest BCUT2D eigenvalue weighted by atomic mass is 10.1. The van der Waals surface area contributed by atoms with Crippen molar-refractivity contribution in [2.24, 2.45) is 0 Å². The predicted octanol–water partition coefficient (Wildman–Crippen LogP) is 1.07. The third-order valence-corrected chi connectivity index (χ3v) is 2.16. The number of ether oxygens (including phenoxy) is 1. The van der Waals surface area contributed by atoms with Crippen LogP contribution in [0.1, 0.15) is 12.0 Å². The van der Waals surface area contributed by atoms with Gasteiger partial charge in [-0.2, -0.15) is 0 Å². The number of aliphatic hydroxyl groups excluding tert-OH is 1. The van der Waals surface area contributed by atoms with Crippen LogP contribution in [0.4, 0.5) is 0 Å². The van der Waals surface area contributed by atoms with Gasteiger partial charge in [-0.05, 0) is 24.5 Å². The van der Waals surface area contributed by atoms with Gasteiger partial charge in [0.25, 0.3) is 0 Å². The lowest BCUT2D eigenvalue weighted by molar-refractivity contribution is -0.146. The van der Waals surface area contributed by atoms with Crippen molar-refractivity contribution in [3.8, 4) is 5.75 Å². The predicted molar refractivity (Wildman–Crippen MR) is 55.0 cm³/mol. The second-order valence-corrected chi connectivity index (χ2v) is 3.20. The lowest BCUT2D eigenvalue weighted by Gasteiger charge is -2.09. The van der Waals surface area contributed by atoms with Gasteiger partial charge in [-0.25, -0.2) is 4.79 Å². The van der Waals surface area contributed by atoms with Gasteiger partial charge in [0.05, 0.1) is 7.11 Å². The Morgan fingerprint density at radius 3 is 2.73 bits per heavy atom. The molecule has 4 heteroatoms. The molecule has 1 atom stereocenters. The Morgan fingerprint density at radius 1 is 1.47 bits per heavy atom. The van der Waals surface area contributed by atoms with Gasteiger partial charge in [0.1, 0.15) is 5.75 Å². The number of carbonyl (C=O) groups is 1. The van der Waals surface area contributed by atoms with Gasteiger partial charge in [-0.3, -0.25) is 0 Å². The van der Waals surface area contributed by atoms with Gasteiger partial charge in [-0.15, -0.1) is 0 Å². The molecule has 82 valence electrons. The summed E-state index contributed by atoms with van der Waals surface area (Å²) in [6.07, 6.45) is -0.636. The molecule has 0 spiro atoms. The van der Waals surface area contributed by atoms with Crippen LogP contribution in [0, 0.1) is 0 Å². The van der Waals surface area contributed by atoms with Crippen molar-refractivity contribution >= 4 is 5.97 Å². The molecule has 0 saturated carbocycles. The van der Waals surface area contributed by atoms with E-state index in [1.54, 1.807) is 7.11 Å². The van der Waals surface area contributed by atoms with Gasteiger partial charge in [0.2, 0.25) is 0 Å². The van der Waals surface area contributed by atoms with E-state index in [2.05, 4.69) is 0 Å². The van der Waals surface area contributed by atoms with E-state index in [4.69, 9.17) is 14.9 Å². The Kier molecular flexibility index (Phi) is 4.12. The van der Waals surface area contributed by atoms with E-state index in [0.717, 1.165) is 11.3 Å². The number of aryl methyl sites for hydroxylation is 1. The number of rotatable bonds is 5.